The molecule has 0 atom stereocenters. The predicted octanol–water partition coefficient (Wildman–Crippen LogP) is 2.34. The Balaban J connectivity index is 2.72. The fourth-order valence-electron chi connectivity index (χ4n) is 1.54. The molecule has 0 radical (unpaired) electrons. The number of hydrogen-bond donors (Lipinski definition) is 0. The average molecular weight is 327 g/mol. The van der Waals surface area contributed by atoms with Gasteiger partial charge in [-0.05, 0) is 0 Å². The van der Waals surface area contributed by atoms with Crippen molar-refractivity contribution in [1.82, 2.24) is 0 Å². The second-order valence-corrected chi connectivity index (χ2v) is 19.5. The van der Waals surface area contributed by atoms with Crippen LogP contribution < -0.4 is 3.58 Å². The van der Waals surface area contributed by atoms with Gasteiger partial charge in [-0.1, -0.05) is 0 Å². The van der Waals surface area contributed by atoms with Crippen molar-refractivity contribution in [3.63, 3.8) is 0 Å². The summed E-state index contributed by atoms with van der Waals surface area (Å²) in [6.45, 7) is 0. The second kappa shape index (κ2) is 5.71. The number of aryl methyl sites for hydroxylation is 1. The Morgan fingerprint density at radius 3 is 2.56 bits per heavy atom. The number of methoxy groups -OCH3 is 1. The maximum atomic E-state index is 11.1. The third-order valence-corrected chi connectivity index (χ3v) is 8.47. The number of rotatable bonds is 4. The van der Waals surface area contributed by atoms with E-state index in [0.717, 1.165) is 6.42 Å². The van der Waals surface area contributed by atoms with Crippen LogP contribution in [0.2, 0.25) is 14.8 Å². The van der Waals surface area contributed by atoms with E-state index in [0.29, 0.717) is 6.42 Å². The van der Waals surface area contributed by atoms with E-state index in [1.165, 1.54) is 16.3 Å². The van der Waals surface area contributed by atoms with Gasteiger partial charge in [0.15, 0.2) is 0 Å². The van der Waals surface area contributed by atoms with Crippen LogP contribution in [-0.4, -0.2) is 31.5 Å². The number of carbonyl (C=O) groups excluding carboxylic acids is 1. The van der Waals surface area contributed by atoms with Gasteiger partial charge in [0.1, 0.15) is 0 Å². The van der Waals surface area contributed by atoms with Gasteiger partial charge in [-0.3, -0.25) is 0 Å². The van der Waals surface area contributed by atoms with E-state index in [2.05, 4.69) is 43.8 Å². The van der Waals surface area contributed by atoms with Crippen LogP contribution in [0, 0.1) is 0 Å². The minimum atomic E-state index is -1.96. The minimum absolute atomic E-state index is 0.135. The van der Waals surface area contributed by atoms with Gasteiger partial charge >= 0.3 is 102 Å². The summed E-state index contributed by atoms with van der Waals surface area (Å²) in [5, 5.41) is 0. The molecule has 0 saturated heterocycles. The average Bonchev–Trinajstić information content (AvgIpc) is 2.25. The van der Waals surface area contributed by atoms with Gasteiger partial charge in [-0.15, -0.1) is 0 Å². The van der Waals surface area contributed by atoms with Crippen LogP contribution in [0.25, 0.3) is 0 Å². The van der Waals surface area contributed by atoms with Gasteiger partial charge in [0.25, 0.3) is 0 Å². The Bertz CT molecular complexity index is 366. The fraction of sp³-hybridized carbons (Fsp3) is 0.462. The molecular weight excluding hydrogens is 307 g/mol. The summed E-state index contributed by atoms with van der Waals surface area (Å²) in [5.74, 6) is -0.135. The summed E-state index contributed by atoms with van der Waals surface area (Å²) in [5.41, 5.74) is 1.24. The Kier molecular flexibility index (Phi) is 4.84. The normalized spacial score (nSPS) is 11.2. The molecule has 0 aliphatic carbocycles. The zero-order valence-corrected chi connectivity index (χ0v) is 13.4. The molecule has 0 bridgehead atoms. The second-order valence-electron chi connectivity index (χ2n) is 5.03. The molecular formula is C13H20O2Sn. The van der Waals surface area contributed by atoms with Crippen molar-refractivity contribution >= 4 is 27.9 Å². The molecule has 1 rings (SSSR count). The molecule has 0 aliphatic rings. The number of carbonyl (C=O) groups is 1. The van der Waals surface area contributed by atoms with Crippen LogP contribution in [0.15, 0.2) is 24.3 Å². The summed E-state index contributed by atoms with van der Waals surface area (Å²) in [6.07, 6.45) is 1.25. The van der Waals surface area contributed by atoms with E-state index in [4.69, 9.17) is 0 Å². The van der Waals surface area contributed by atoms with Crippen LogP contribution in [0.4, 0.5) is 0 Å². The molecule has 0 unspecified atom stereocenters. The van der Waals surface area contributed by atoms with Crippen LogP contribution in [0.3, 0.4) is 0 Å². The number of benzene rings is 1. The van der Waals surface area contributed by atoms with E-state index < -0.39 is 18.4 Å². The van der Waals surface area contributed by atoms with Gasteiger partial charge in [-0.25, -0.2) is 0 Å². The summed E-state index contributed by atoms with van der Waals surface area (Å²) >= 11 is -1.96. The van der Waals surface area contributed by atoms with E-state index >= 15 is 0 Å². The summed E-state index contributed by atoms with van der Waals surface area (Å²) in [7, 11) is 1.43. The molecule has 16 heavy (non-hydrogen) atoms. The van der Waals surface area contributed by atoms with Crippen molar-refractivity contribution in [3.8, 4) is 0 Å². The molecule has 0 amide bonds. The molecule has 0 aliphatic heterocycles. The van der Waals surface area contributed by atoms with Crippen LogP contribution >= 0.6 is 0 Å². The van der Waals surface area contributed by atoms with E-state index in [1.54, 1.807) is 0 Å². The number of hydrogen-bond acceptors (Lipinski definition) is 2. The van der Waals surface area contributed by atoms with Crippen molar-refractivity contribution in [2.75, 3.05) is 7.11 Å². The Morgan fingerprint density at radius 2 is 2.00 bits per heavy atom. The van der Waals surface area contributed by atoms with Gasteiger partial charge < -0.3 is 0 Å². The van der Waals surface area contributed by atoms with Crippen LogP contribution in [0.5, 0.6) is 0 Å². The topological polar surface area (TPSA) is 26.3 Å². The third-order valence-electron chi connectivity index (χ3n) is 2.64. The molecule has 1 aromatic rings. The van der Waals surface area contributed by atoms with Crippen molar-refractivity contribution in [2.24, 2.45) is 0 Å². The number of esters is 1. The molecule has 3 heteroatoms. The maximum absolute atomic E-state index is 11.1. The molecule has 88 valence electrons. The fourth-order valence-corrected chi connectivity index (χ4v) is 5.01. The van der Waals surface area contributed by atoms with Crippen molar-refractivity contribution in [1.29, 1.82) is 0 Å². The first-order valence-corrected chi connectivity index (χ1v) is 15.6. The molecule has 0 heterocycles. The monoisotopic (exact) mass is 328 g/mol. The first-order valence-electron chi connectivity index (χ1n) is 5.59. The molecule has 2 nitrogen and oxygen atoms in total. The first-order chi connectivity index (χ1) is 7.43. The van der Waals surface area contributed by atoms with Crippen molar-refractivity contribution in [2.45, 2.75) is 27.7 Å². The Labute approximate surface area is 102 Å². The predicted molar refractivity (Wildman–Crippen MR) is 69.8 cm³/mol. The van der Waals surface area contributed by atoms with Crippen molar-refractivity contribution in [3.05, 3.63) is 29.8 Å². The summed E-state index contributed by atoms with van der Waals surface area (Å²) < 4.78 is 6.15. The standard InChI is InChI=1S/C10H11O2.3CH3.Sn/c1-12-10(11)8-7-9-5-3-2-4-6-9;;;;/h2-3,5-6H,7-8H2,1H3;3*1H3;. The molecule has 0 aromatic heterocycles. The van der Waals surface area contributed by atoms with Gasteiger partial charge in [0.05, 0.1) is 0 Å². The first kappa shape index (κ1) is 13.6. The number of ether oxygens (including phenoxy) is 1. The summed E-state index contributed by atoms with van der Waals surface area (Å²) in [4.78, 5) is 18.2. The Morgan fingerprint density at radius 1 is 1.31 bits per heavy atom. The van der Waals surface area contributed by atoms with E-state index in [1.807, 2.05) is 0 Å². The van der Waals surface area contributed by atoms with E-state index in [-0.39, 0.29) is 5.97 Å². The van der Waals surface area contributed by atoms with Crippen molar-refractivity contribution < 1.29 is 9.53 Å². The quantitative estimate of drug-likeness (QED) is 0.627. The Hall–Kier alpha value is -0.511. The summed E-state index contributed by atoms with van der Waals surface area (Å²) in [6, 6.07) is 8.67. The third kappa shape index (κ3) is 4.16. The molecule has 1 aromatic carbocycles. The van der Waals surface area contributed by atoms with Gasteiger partial charge in [-0.2, -0.15) is 0 Å². The molecule has 0 N–H and O–H groups in total. The van der Waals surface area contributed by atoms with Gasteiger partial charge in [0, 0.05) is 0 Å². The van der Waals surface area contributed by atoms with Crippen LogP contribution in [0.1, 0.15) is 12.0 Å². The SMILES string of the molecule is COC(=O)CCc1ccc[c]([Sn]([CH3])([CH3])[CH3])c1. The van der Waals surface area contributed by atoms with Crippen LogP contribution in [-0.2, 0) is 16.0 Å². The molecule has 0 fully saturated rings. The van der Waals surface area contributed by atoms with Gasteiger partial charge in [0.2, 0.25) is 0 Å². The van der Waals surface area contributed by atoms with E-state index in [9.17, 15) is 4.79 Å². The molecule has 0 spiro atoms. The zero-order chi connectivity index (χ0) is 12.2. The zero-order valence-electron chi connectivity index (χ0n) is 10.5. The molecule has 0 saturated carbocycles.